The average molecular weight is 517 g/mol. The Morgan fingerprint density at radius 3 is 2.76 bits per heavy atom. The van der Waals surface area contributed by atoms with Gasteiger partial charge in [-0.05, 0) is 35.9 Å². The van der Waals surface area contributed by atoms with Gasteiger partial charge in [-0.15, -0.1) is 0 Å². The summed E-state index contributed by atoms with van der Waals surface area (Å²) in [5.74, 6) is 0.675. The summed E-state index contributed by atoms with van der Waals surface area (Å²) in [6.07, 6.45) is 0.110. The Hall–Kier alpha value is -2.65. The highest BCUT2D eigenvalue weighted by molar-refractivity contribution is 9.10. The van der Waals surface area contributed by atoms with Crippen LogP contribution in [0.5, 0.6) is 0 Å². The van der Waals surface area contributed by atoms with Crippen molar-refractivity contribution in [2.45, 2.75) is 32.4 Å². The lowest BCUT2D eigenvalue weighted by Gasteiger charge is -2.30. The smallest absolute Gasteiger partial charge is 0.407 e. The molecule has 2 heterocycles. The lowest BCUT2D eigenvalue weighted by Crippen LogP contribution is -2.51. The second-order valence-electron chi connectivity index (χ2n) is 8.87. The van der Waals surface area contributed by atoms with Crippen LogP contribution in [-0.2, 0) is 14.3 Å². The molecule has 1 saturated heterocycles. The predicted molar refractivity (Wildman–Crippen MR) is 130 cm³/mol. The van der Waals surface area contributed by atoms with Gasteiger partial charge >= 0.3 is 6.09 Å². The normalized spacial score (nSPS) is 19.4. The zero-order chi connectivity index (χ0) is 23.7. The van der Waals surface area contributed by atoms with Crippen LogP contribution in [0.25, 0.3) is 21.8 Å². The Bertz CT molecular complexity index is 1180. The maximum Gasteiger partial charge on any atom is 0.407 e. The molecule has 1 fully saturated rings. The summed E-state index contributed by atoms with van der Waals surface area (Å²) in [4.78, 5) is 35.7. The van der Waals surface area contributed by atoms with E-state index in [9.17, 15) is 9.59 Å². The molecule has 1 aliphatic heterocycles. The number of likely N-dealkylation sites (tertiary alicyclic amines) is 1. The van der Waals surface area contributed by atoms with E-state index < -0.39 is 12.1 Å². The molecule has 0 saturated carbocycles. The van der Waals surface area contributed by atoms with Crippen molar-refractivity contribution in [2.24, 2.45) is 11.8 Å². The summed E-state index contributed by atoms with van der Waals surface area (Å²) < 4.78 is 11.1. The van der Waals surface area contributed by atoms with Crippen LogP contribution in [0.1, 0.15) is 32.1 Å². The number of carbonyl (C=O) groups excluding carboxylic acids is 2. The van der Waals surface area contributed by atoms with E-state index in [1.807, 2.05) is 36.9 Å². The number of nitrogens with zero attached hydrogens (tertiary/aromatic N) is 2. The van der Waals surface area contributed by atoms with E-state index in [1.165, 1.54) is 7.11 Å². The van der Waals surface area contributed by atoms with Crippen LogP contribution in [0, 0.1) is 11.8 Å². The van der Waals surface area contributed by atoms with Crippen molar-refractivity contribution in [3.63, 3.8) is 0 Å². The predicted octanol–water partition coefficient (Wildman–Crippen LogP) is 4.40. The second kappa shape index (κ2) is 9.69. The van der Waals surface area contributed by atoms with Gasteiger partial charge in [0.15, 0.2) is 0 Å². The molecular weight excluding hydrogens is 488 g/mol. The minimum Gasteiger partial charge on any atom is -0.453 e. The van der Waals surface area contributed by atoms with Crippen molar-refractivity contribution in [3.8, 4) is 0 Å². The largest absolute Gasteiger partial charge is 0.453 e. The van der Waals surface area contributed by atoms with Crippen LogP contribution in [0.15, 0.2) is 34.8 Å². The van der Waals surface area contributed by atoms with Crippen LogP contribution in [-0.4, -0.2) is 60.3 Å². The van der Waals surface area contributed by atoms with Crippen molar-refractivity contribution in [1.82, 2.24) is 20.2 Å². The number of aromatic nitrogens is 2. The van der Waals surface area contributed by atoms with Gasteiger partial charge in [-0.1, -0.05) is 41.9 Å². The van der Waals surface area contributed by atoms with Crippen LogP contribution in [0.2, 0.25) is 0 Å². The first-order valence-corrected chi connectivity index (χ1v) is 11.8. The van der Waals surface area contributed by atoms with Crippen LogP contribution >= 0.6 is 15.9 Å². The van der Waals surface area contributed by atoms with Crippen molar-refractivity contribution < 1.29 is 19.1 Å². The molecule has 0 radical (unpaired) electrons. The molecule has 3 atom stereocenters. The Morgan fingerprint density at radius 2 is 2.06 bits per heavy atom. The van der Waals surface area contributed by atoms with Crippen LogP contribution in [0.3, 0.4) is 0 Å². The number of hydrogen-bond acceptors (Lipinski definition) is 5. The fourth-order valence-corrected chi connectivity index (χ4v) is 5.00. The van der Waals surface area contributed by atoms with E-state index in [1.54, 1.807) is 7.11 Å². The van der Waals surface area contributed by atoms with E-state index in [0.29, 0.717) is 13.2 Å². The number of amides is 2. The number of nitrogens with one attached hydrogen (secondary N) is 2. The van der Waals surface area contributed by atoms with Gasteiger partial charge in [-0.2, -0.15) is 0 Å². The summed E-state index contributed by atoms with van der Waals surface area (Å²) in [7, 11) is 2.96. The van der Waals surface area contributed by atoms with Gasteiger partial charge in [0.1, 0.15) is 11.9 Å². The summed E-state index contributed by atoms with van der Waals surface area (Å²) >= 11 is 3.53. The highest BCUT2D eigenvalue weighted by atomic mass is 79.9. The molecule has 2 amide bonds. The number of benzene rings is 2. The summed E-state index contributed by atoms with van der Waals surface area (Å²) in [5, 5.41) is 4.88. The zero-order valence-electron chi connectivity index (χ0n) is 19.2. The molecule has 1 aromatic heterocycles. The third kappa shape index (κ3) is 4.70. The fourth-order valence-electron chi connectivity index (χ4n) is 4.62. The number of aromatic amines is 1. The molecule has 2 N–H and O–H groups in total. The first-order valence-electron chi connectivity index (χ1n) is 11.0. The maximum absolute atomic E-state index is 13.6. The molecule has 3 aromatic rings. The molecule has 33 heavy (non-hydrogen) atoms. The minimum atomic E-state index is -0.691. The molecular formula is C24H29BrN4O4. The number of methoxy groups -OCH3 is 2. The molecule has 4 rings (SSSR count). The Kier molecular flexibility index (Phi) is 6.90. The summed E-state index contributed by atoms with van der Waals surface area (Å²) in [6.45, 7) is 4.89. The molecule has 0 unspecified atom stereocenters. The molecule has 2 aromatic carbocycles. The Balaban J connectivity index is 1.71. The number of halogens is 1. The zero-order valence-corrected chi connectivity index (χ0v) is 20.8. The topological polar surface area (TPSA) is 96.5 Å². The van der Waals surface area contributed by atoms with Gasteiger partial charge in [0.2, 0.25) is 5.91 Å². The first-order chi connectivity index (χ1) is 15.8. The highest BCUT2D eigenvalue weighted by Gasteiger charge is 2.41. The second-order valence-corrected chi connectivity index (χ2v) is 9.78. The first kappa shape index (κ1) is 23.5. The number of hydrogen-bond donors (Lipinski definition) is 2. The standard InChI is InChI=1S/C24H29BrN4O4/c1-13(2)20(28-24(31)33-4)23(30)29-11-14(12-32-3)9-19(29)22-26-18-8-5-15-10-16(25)6-7-17(15)21(18)27-22/h5-8,10,13-14,19-20H,9,11-12H2,1-4H3,(H,26,27)(H,28,31)/t14-,19-,20-/m0/s1. The summed E-state index contributed by atoms with van der Waals surface area (Å²) in [5.41, 5.74) is 1.81. The van der Waals surface area contributed by atoms with E-state index in [2.05, 4.69) is 38.4 Å². The van der Waals surface area contributed by atoms with Crippen molar-refractivity contribution >= 4 is 49.7 Å². The van der Waals surface area contributed by atoms with E-state index in [-0.39, 0.29) is 23.8 Å². The van der Waals surface area contributed by atoms with E-state index in [0.717, 1.165) is 38.5 Å². The van der Waals surface area contributed by atoms with E-state index in [4.69, 9.17) is 14.5 Å². The van der Waals surface area contributed by atoms with Gasteiger partial charge in [0.05, 0.1) is 30.8 Å². The van der Waals surface area contributed by atoms with Gasteiger partial charge in [0, 0.05) is 29.4 Å². The van der Waals surface area contributed by atoms with Gasteiger partial charge in [-0.3, -0.25) is 4.79 Å². The SMILES string of the molecule is COC[C@H]1C[C@@H](c2nc3ccc4cc(Br)ccc4c3[nH]2)N(C(=O)[C@@H](NC(=O)OC)C(C)C)C1. The molecule has 8 nitrogen and oxygen atoms in total. The van der Waals surface area contributed by atoms with Gasteiger partial charge in [0.25, 0.3) is 0 Å². The monoisotopic (exact) mass is 516 g/mol. The van der Waals surface area contributed by atoms with Crippen molar-refractivity contribution in [1.29, 1.82) is 0 Å². The number of fused-ring (bicyclic) bond motifs is 3. The van der Waals surface area contributed by atoms with Crippen molar-refractivity contribution in [2.75, 3.05) is 27.4 Å². The lowest BCUT2D eigenvalue weighted by molar-refractivity contribution is -0.135. The Labute approximate surface area is 201 Å². The molecule has 9 heteroatoms. The number of rotatable bonds is 6. The lowest BCUT2D eigenvalue weighted by atomic mass is 10.0. The molecule has 0 spiro atoms. The van der Waals surface area contributed by atoms with Crippen LogP contribution in [0.4, 0.5) is 4.79 Å². The van der Waals surface area contributed by atoms with Crippen LogP contribution < -0.4 is 5.32 Å². The quantitative estimate of drug-likeness (QED) is 0.506. The fraction of sp³-hybridized carbons (Fsp3) is 0.458. The molecule has 176 valence electrons. The average Bonchev–Trinajstić information content (AvgIpc) is 3.41. The van der Waals surface area contributed by atoms with Gasteiger partial charge in [-0.25, -0.2) is 9.78 Å². The third-order valence-electron chi connectivity index (χ3n) is 6.23. The third-order valence-corrected chi connectivity index (χ3v) is 6.73. The Morgan fingerprint density at radius 1 is 1.27 bits per heavy atom. The highest BCUT2D eigenvalue weighted by Crippen LogP contribution is 2.37. The number of imidazole rings is 1. The minimum absolute atomic E-state index is 0.100. The number of ether oxygens (including phenoxy) is 2. The maximum atomic E-state index is 13.6. The summed E-state index contributed by atoms with van der Waals surface area (Å²) in [6, 6.07) is 9.25. The molecule has 0 bridgehead atoms. The van der Waals surface area contributed by atoms with E-state index >= 15 is 0 Å². The number of H-pyrrole nitrogens is 1. The van der Waals surface area contributed by atoms with Gasteiger partial charge < -0.3 is 24.7 Å². The molecule has 1 aliphatic rings. The number of carbonyl (C=O) groups is 2. The number of alkyl carbamates (subject to hydrolysis) is 1. The van der Waals surface area contributed by atoms with Crippen molar-refractivity contribution in [3.05, 3.63) is 40.6 Å². The molecule has 0 aliphatic carbocycles.